The molecule has 2 fully saturated rings. The Hall–Kier alpha value is -2.84. The average Bonchev–Trinajstić information content (AvgIpc) is 3.71. The van der Waals surface area contributed by atoms with E-state index in [1.165, 1.54) is 0 Å². The predicted molar refractivity (Wildman–Crippen MR) is 136 cm³/mol. The standard InChI is InChI=1S/C27H33ClN2O6/c28-26-22-15-19(29-36-17-24(33)30-12-3-1-4-13-30)7-6-9-20(31)8-2-5-14-35-27(34)25(22)21(16-23(26)32)18-10-11-18/h2,6-8,16,18,20,31-32H,1,3-5,9-15,17H2/b7-6+,8-2+,29-19-. The molecule has 1 saturated carbocycles. The third-order valence-electron chi connectivity index (χ3n) is 6.59. The summed E-state index contributed by atoms with van der Waals surface area (Å²) in [5.74, 6) is -0.573. The molecule has 36 heavy (non-hydrogen) atoms. The number of hydrogen-bond donors (Lipinski definition) is 2. The van der Waals surface area contributed by atoms with Crippen LogP contribution in [0.1, 0.15) is 72.3 Å². The molecule has 1 aromatic carbocycles. The number of ether oxygens (including phenoxy) is 1. The Morgan fingerprint density at radius 3 is 2.75 bits per heavy atom. The molecule has 9 heteroatoms. The van der Waals surface area contributed by atoms with Gasteiger partial charge in [-0.1, -0.05) is 35.0 Å². The van der Waals surface area contributed by atoms with Crippen LogP contribution in [-0.4, -0.2) is 65.1 Å². The second kappa shape index (κ2) is 12.4. The molecule has 1 amide bonds. The number of aliphatic hydroxyl groups excluding tert-OH is 1. The summed E-state index contributed by atoms with van der Waals surface area (Å²) in [4.78, 5) is 32.9. The molecule has 0 bridgehead atoms. The number of phenolic OH excluding ortho intramolecular Hbond substituents is 1. The van der Waals surface area contributed by atoms with Gasteiger partial charge >= 0.3 is 5.97 Å². The smallest absolute Gasteiger partial charge is 0.338 e. The summed E-state index contributed by atoms with van der Waals surface area (Å²) in [5.41, 5.74) is 1.88. The van der Waals surface area contributed by atoms with Crippen LogP contribution in [0.25, 0.3) is 0 Å². The van der Waals surface area contributed by atoms with Crippen molar-refractivity contribution in [3.63, 3.8) is 0 Å². The Labute approximate surface area is 216 Å². The zero-order chi connectivity index (χ0) is 25.5. The van der Waals surface area contributed by atoms with E-state index in [0.29, 0.717) is 29.7 Å². The summed E-state index contributed by atoms with van der Waals surface area (Å²) in [7, 11) is 0. The van der Waals surface area contributed by atoms with Crippen LogP contribution < -0.4 is 0 Å². The zero-order valence-electron chi connectivity index (χ0n) is 20.3. The number of cyclic esters (lactones) is 1. The van der Waals surface area contributed by atoms with Crippen molar-refractivity contribution in [2.75, 3.05) is 26.3 Å². The van der Waals surface area contributed by atoms with Crippen molar-refractivity contribution in [2.45, 2.75) is 63.4 Å². The van der Waals surface area contributed by atoms with Gasteiger partial charge in [0.2, 0.25) is 0 Å². The van der Waals surface area contributed by atoms with Crippen molar-refractivity contribution in [1.82, 2.24) is 4.90 Å². The highest BCUT2D eigenvalue weighted by molar-refractivity contribution is 6.33. The lowest BCUT2D eigenvalue weighted by atomic mass is 9.93. The minimum Gasteiger partial charge on any atom is -0.506 e. The van der Waals surface area contributed by atoms with Crippen molar-refractivity contribution >= 4 is 29.2 Å². The van der Waals surface area contributed by atoms with Gasteiger partial charge < -0.3 is 24.7 Å². The van der Waals surface area contributed by atoms with E-state index in [9.17, 15) is 19.8 Å². The molecule has 0 aromatic heterocycles. The predicted octanol–water partition coefficient (Wildman–Crippen LogP) is 4.27. The van der Waals surface area contributed by atoms with Gasteiger partial charge in [0.15, 0.2) is 6.61 Å². The van der Waals surface area contributed by atoms with Gasteiger partial charge in [-0.3, -0.25) is 4.79 Å². The molecule has 2 heterocycles. The van der Waals surface area contributed by atoms with E-state index in [2.05, 4.69) is 5.16 Å². The maximum Gasteiger partial charge on any atom is 0.338 e. The van der Waals surface area contributed by atoms with Gasteiger partial charge in [0, 0.05) is 19.5 Å². The number of carbonyl (C=O) groups is 2. The van der Waals surface area contributed by atoms with Gasteiger partial charge in [-0.05, 0) is 74.1 Å². The molecule has 3 aliphatic rings. The van der Waals surface area contributed by atoms with E-state index in [1.54, 1.807) is 35.3 Å². The number of carbonyl (C=O) groups excluding carboxylic acids is 2. The third kappa shape index (κ3) is 6.89. The van der Waals surface area contributed by atoms with Gasteiger partial charge in [-0.15, -0.1) is 0 Å². The summed E-state index contributed by atoms with van der Waals surface area (Å²) in [6.07, 6.45) is 12.0. The largest absolute Gasteiger partial charge is 0.506 e. The highest BCUT2D eigenvalue weighted by Crippen LogP contribution is 2.46. The number of allylic oxidation sites excluding steroid dienone is 1. The Balaban J connectivity index is 1.64. The van der Waals surface area contributed by atoms with E-state index >= 15 is 0 Å². The van der Waals surface area contributed by atoms with Crippen LogP contribution in [0.4, 0.5) is 0 Å². The van der Waals surface area contributed by atoms with Crippen LogP contribution in [0.2, 0.25) is 5.02 Å². The Kier molecular flexibility index (Phi) is 9.04. The molecule has 194 valence electrons. The Morgan fingerprint density at radius 1 is 1.22 bits per heavy atom. The minimum absolute atomic E-state index is 0.0591. The zero-order valence-corrected chi connectivity index (χ0v) is 21.1. The lowest BCUT2D eigenvalue weighted by Gasteiger charge is -2.26. The summed E-state index contributed by atoms with van der Waals surface area (Å²) in [5, 5.41) is 25.0. The number of rotatable bonds is 4. The highest BCUT2D eigenvalue weighted by atomic mass is 35.5. The van der Waals surface area contributed by atoms with Crippen LogP contribution in [0.5, 0.6) is 5.75 Å². The first-order chi connectivity index (χ1) is 17.4. The normalized spacial score (nSPS) is 24.4. The molecule has 1 aromatic rings. The number of hydrogen-bond acceptors (Lipinski definition) is 7. The van der Waals surface area contributed by atoms with Crippen molar-refractivity contribution < 1.29 is 29.4 Å². The number of esters is 1. The topological polar surface area (TPSA) is 109 Å². The second-order valence-electron chi connectivity index (χ2n) is 9.46. The van der Waals surface area contributed by atoms with E-state index in [0.717, 1.165) is 50.8 Å². The molecule has 1 atom stereocenters. The fraction of sp³-hybridized carbons (Fsp3) is 0.519. The number of likely N-dealkylation sites (tertiary alicyclic amines) is 1. The van der Waals surface area contributed by atoms with E-state index in [-0.39, 0.29) is 42.2 Å². The first-order valence-corrected chi connectivity index (χ1v) is 13.0. The minimum atomic E-state index is -0.705. The molecule has 4 rings (SSSR count). The molecular weight excluding hydrogens is 484 g/mol. The number of benzene rings is 1. The van der Waals surface area contributed by atoms with E-state index < -0.39 is 12.1 Å². The number of nitrogens with zero attached hydrogens (tertiary/aromatic N) is 2. The Morgan fingerprint density at radius 2 is 2.00 bits per heavy atom. The lowest BCUT2D eigenvalue weighted by molar-refractivity contribution is -0.137. The monoisotopic (exact) mass is 516 g/mol. The number of amides is 1. The maximum atomic E-state index is 13.2. The average molecular weight is 517 g/mol. The quantitative estimate of drug-likeness (QED) is 0.351. The van der Waals surface area contributed by atoms with Crippen molar-refractivity contribution in [1.29, 1.82) is 0 Å². The molecule has 0 spiro atoms. The number of halogens is 1. The van der Waals surface area contributed by atoms with E-state index in [1.807, 2.05) is 0 Å². The van der Waals surface area contributed by atoms with Gasteiger partial charge in [0.05, 0.1) is 29.0 Å². The number of fused-ring (bicyclic) bond motifs is 1. The van der Waals surface area contributed by atoms with Gasteiger partial charge in [0.1, 0.15) is 5.75 Å². The van der Waals surface area contributed by atoms with Crippen LogP contribution in [0.15, 0.2) is 35.5 Å². The first kappa shape index (κ1) is 26.2. The van der Waals surface area contributed by atoms with Crippen molar-refractivity contribution in [3.05, 3.63) is 52.1 Å². The summed E-state index contributed by atoms with van der Waals surface area (Å²) >= 11 is 6.51. The highest BCUT2D eigenvalue weighted by Gasteiger charge is 2.33. The number of aromatic hydroxyl groups is 1. The molecule has 1 unspecified atom stereocenters. The molecule has 2 N–H and O–H groups in total. The molecular formula is C27H33ClN2O6. The number of aliphatic hydroxyl groups is 1. The summed E-state index contributed by atoms with van der Waals surface area (Å²) in [6, 6.07) is 1.56. The SMILES string of the molecule is O=C1OCC/C=C/C(O)C/C=C/C(=N/OCC(=O)N2CCCCC2)Cc2c(Cl)c(O)cc(C3CC3)c21. The fourth-order valence-electron chi connectivity index (χ4n) is 4.52. The third-order valence-corrected chi connectivity index (χ3v) is 7.02. The van der Waals surface area contributed by atoms with Crippen LogP contribution in [0.3, 0.4) is 0 Å². The maximum absolute atomic E-state index is 13.2. The van der Waals surface area contributed by atoms with E-state index in [4.69, 9.17) is 21.2 Å². The van der Waals surface area contributed by atoms with Gasteiger partial charge in [-0.25, -0.2) is 4.79 Å². The van der Waals surface area contributed by atoms with Crippen LogP contribution in [-0.2, 0) is 20.8 Å². The lowest BCUT2D eigenvalue weighted by Crippen LogP contribution is -2.37. The molecule has 2 aliphatic heterocycles. The van der Waals surface area contributed by atoms with Crippen LogP contribution in [0, 0.1) is 0 Å². The van der Waals surface area contributed by atoms with Crippen molar-refractivity contribution in [3.8, 4) is 5.75 Å². The molecule has 1 aliphatic carbocycles. The number of phenols is 1. The fourth-order valence-corrected chi connectivity index (χ4v) is 4.74. The van der Waals surface area contributed by atoms with Gasteiger partial charge in [0.25, 0.3) is 5.91 Å². The van der Waals surface area contributed by atoms with Gasteiger partial charge in [-0.2, -0.15) is 0 Å². The summed E-state index contributed by atoms with van der Waals surface area (Å²) < 4.78 is 5.53. The molecule has 8 nitrogen and oxygen atoms in total. The number of oxime groups is 1. The molecule has 0 radical (unpaired) electrons. The first-order valence-electron chi connectivity index (χ1n) is 12.6. The Bertz CT molecular complexity index is 1060. The van der Waals surface area contributed by atoms with Crippen LogP contribution >= 0.6 is 11.6 Å². The van der Waals surface area contributed by atoms with Crippen molar-refractivity contribution in [2.24, 2.45) is 5.16 Å². The number of piperidine rings is 1. The molecule has 1 saturated heterocycles. The summed E-state index contributed by atoms with van der Waals surface area (Å²) in [6.45, 7) is 1.40. The second-order valence-corrected chi connectivity index (χ2v) is 9.84.